The predicted octanol–water partition coefficient (Wildman–Crippen LogP) is 1.53. The van der Waals surface area contributed by atoms with Gasteiger partial charge >= 0.3 is 0 Å². The first-order chi connectivity index (χ1) is 5.25. The summed E-state index contributed by atoms with van der Waals surface area (Å²) in [7, 11) is 2.07. The lowest BCUT2D eigenvalue weighted by Gasteiger charge is -2.23. The molecular formula is C8H14N2S. The maximum absolute atomic E-state index is 5.54. The molecule has 1 rings (SSSR count). The Morgan fingerprint density at radius 1 is 1.73 bits per heavy atom. The van der Waals surface area contributed by atoms with Crippen LogP contribution in [0.3, 0.4) is 0 Å². The van der Waals surface area contributed by atoms with E-state index in [1.807, 2.05) is 0 Å². The number of rotatable bonds is 3. The molecule has 0 aliphatic rings. The highest BCUT2D eigenvalue weighted by molar-refractivity contribution is 7.14. The lowest BCUT2D eigenvalue weighted by atomic mass is 10.3. The number of nitrogens with two attached hydrogens (primary N) is 1. The van der Waals surface area contributed by atoms with Crippen LogP contribution in [-0.4, -0.2) is 19.6 Å². The summed E-state index contributed by atoms with van der Waals surface area (Å²) in [5.41, 5.74) is 5.54. The fourth-order valence-electron chi connectivity index (χ4n) is 0.846. The molecular weight excluding hydrogens is 156 g/mol. The largest absolute Gasteiger partial charge is 0.363 e. The van der Waals surface area contributed by atoms with E-state index >= 15 is 0 Å². The molecule has 1 atom stereocenters. The zero-order chi connectivity index (χ0) is 8.27. The van der Waals surface area contributed by atoms with Crippen LogP contribution in [0, 0.1) is 0 Å². The topological polar surface area (TPSA) is 29.3 Å². The molecule has 2 N–H and O–H groups in total. The Morgan fingerprint density at radius 3 is 2.91 bits per heavy atom. The van der Waals surface area contributed by atoms with Gasteiger partial charge in [-0.25, -0.2) is 0 Å². The van der Waals surface area contributed by atoms with E-state index in [9.17, 15) is 0 Å². The van der Waals surface area contributed by atoms with Crippen molar-refractivity contribution in [1.29, 1.82) is 0 Å². The van der Waals surface area contributed by atoms with E-state index in [0.717, 1.165) is 0 Å². The van der Waals surface area contributed by atoms with Crippen LogP contribution in [0.2, 0.25) is 0 Å². The molecule has 11 heavy (non-hydrogen) atoms. The molecule has 2 nitrogen and oxygen atoms in total. The number of hydrogen-bond acceptors (Lipinski definition) is 3. The van der Waals surface area contributed by atoms with Crippen molar-refractivity contribution in [1.82, 2.24) is 0 Å². The second-order valence-electron chi connectivity index (χ2n) is 2.65. The van der Waals surface area contributed by atoms with E-state index in [1.165, 1.54) is 5.00 Å². The minimum Gasteiger partial charge on any atom is -0.363 e. The lowest BCUT2D eigenvalue weighted by Crippen LogP contribution is -2.34. The SMILES string of the molecule is CC(CN)N(C)c1cccs1. The molecule has 0 fully saturated rings. The summed E-state index contributed by atoms with van der Waals surface area (Å²) < 4.78 is 0. The third-order valence-corrected chi connectivity index (χ3v) is 2.81. The molecule has 0 aliphatic heterocycles. The molecule has 0 amide bonds. The van der Waals surface area contributed by atoms with Crippen molar-refractivity contribution in [2.45, 2.75) is 13.0 Å². The number of nitrogens with zero attached hydrogens (tertiary/aromatic N) is 1. The fraction of sp³-hybridized carbons (Fsp3) is 0.500. The van der Waals surface area contributed by atoms with Gasteiger partial charge in [-0.05, 0) is 24.4 Å². The van der Waals surface area contributed by atoms with Crippen LogP contribution in [-0.2, 0) is 0 Å². The van der Waals surface area contributed by atoms with Crippen molar-refractivity contribution < 1.29 is 0 Å². The summed E-state index contributed by atoms with van der Waals surface area (Å²) in [6, 6.07) is 4.59. The monoisotopic (exact) mass is 170 g/mol. The van der Waals surface area contributed by atoms with Crippen LogP contribution in [0.1, 0.15) is 6.92 Å². The van der Waals surface area contributed by atoms with E-state index < -0.39 is 0 Å². The number of thiophene rings is 1. The minimum absolute atomic E-state index is 0.425. The van der Waals surface area contributed by atoms with Gasteiger partial charge < -0.3 is 10.6 Å². The molecule has 0 saturated carbocycles. The van der Waals surface area contributed by atoms with Gasteiger partial charge in [-0.1, -0.05) is 0 Å². The van der Waals surface area contributed by atoms with E-state index in [4.69, 9.17) is 5.73 Å². The van der Waals surface area contributed by atoms with Gasteiger partial charge in [-0.2, -0.15) is 0 Å². The first-order valence-corrected chi connectivity index (χ1v) is 4.60. The Morgan fingerprint density at radius 2 is 2.45 bits per heavy atom. The highest BCUT2D eigenvalue weighted by atomic mass is 32.1. The third-order valence-electron chi connectivity index (χ3n) is 1.86. The summed E-state index contributed by atoms with van der Waals surface area (Å²) in [6.45, 7) is 2.83. The molecule has 0 saturated heterocycles. The van der Waals surface area contributed by atoms with Gasteiger partial charge in [-0.15, -0.1) is 11.3 Å². The Hall–Kier alpha value is -0.540. The van der Waals surface area contributed by atoms with Crippen molar-refractivity contribution in [3.63, 3.8) is 0 Å². The van der Waals surface area contributed by atoms with E-state index in [2.05, 4.69) is 36.4 Å². The van der Waals surface area contributed by atoms with E-state index in [0.29, 0.717) is 12.6 Å². The van der Waals surface area contributed by atoms with Crippen molar-refractivity contribution in [3.8, 4) is 0 Å². The molecule has 0 aliphatic carbocycles. The molecule has 0 bridgehead atoms. The average molecular weight is 170 g/mol. The predicted molar refractivity (Wildman–Crippen MR) is 51.2 cm³/mol. The normalized spacial score (nSPS) is 13.0. The molecule has 0 spiro atoms. The van der Waals surface area contributed by atoms with Crippen LogP contribution < -0.4 is 10.6 Å². The summed E-state index contributed by atoms with van der Waals surface area (Å²) in [5.74, 6) is 0. The lowest BCUT2D eigenvalue weighted by molar-refractivity contribution is 0.700. The van der Waals surface area contributed by atoms with E-state index in [-0.39, 0.29) is 0 Å². The van der Waals surface area contributed by atoms with Gasteiger partial charge in [0.15, 0.2) is 0 Å². The Labute approximate surface area is 71.6 Å². The van der Waals surface area contributed by atoms with Gasteiger partial charge in [0.1, 0.15) is 0 Å². The second-order valence-corrected chi connectivity index (χ2v) is 3.57. The highest BCUT2D eigenvalue weighted by Gasteiger charge is 2.07. The van der Waals surface area contributed by atoms with Crippen LogP contribution in [0.4, 0.5) is 5.00 Å². The smallest absolute Gasteiger partial charge is 0.0908 e. The number of hydrogen-bond donors (Lipinski definition) is 1. The maximum Gasteiger partial charge on any atom is 0.0908 e. The van der Waals surface area contributed by atoms with Gasteiger partial charge in [-0.3, -0.25) is 0 Å². The van der Waals surface area contributed by atoms with Crippen molar-refractivity contribution in [2.75, 3.05) is 18.5 Å². The average Bonchev–Trinajstić information content (AvgIpc) is 2.53. The van der Waals surface area contributed by atoms with Crippen LogP contribution in [0.25, 0.3) is 0 Å². The van der Waals surface area contributed by atoms with Gasteiger partial charge in [0.05, 0.1) is 5.00 Å². The molecule has 62 valence electrons. The molecule has 1 heterocycles. The first-order valence-electron chi connectivity index (χ1n) is 3.72. The van der Waals surface area contributed by atoms with Gasteiger partial charge in [0.2, 0.25) is 0 Å². The Kier molecular flexibility index (Phi) is 2.91. The molecule has 0 radical (unpaired) electrons. The van der Waals surface area contributed by atoms with Crippen LogP contribution >= 0.6 is 11.3 Å². The zero-order valence-electron chi connectivity index (χ0n) is 6.95. The summed E-state index contributed by atoms with van der Waals surface area (Å²) >= 11 is 1.75. The van der Waals surface area contributed by atoms with E-state index in [1.54, 1.807) is 11.3 Å². The highest BCUT2D eigenvalue weighted by Crippen LogP contribution is 2.20. The fourth-order valence-corrected chi connectivity index (χ4v) is 1.65. The number of anilines is 1. The number of likely N-dealkylation sites (N-methyl/N-ethyl adjacent to an activating group) is 1. The Balaban J connectivity index is 2.62. The van der Waals surface area contributed by atoms with Gasteiger partial charge in [0, 0.05) is 19.6 Å². The Bertz CT molecular complexity index is 196. The van der Waals surface area contributed by atoms with Crippen molar-refractivity contribution >= 4 is 16.3 Å². The molecule has 1 aromatic heterocycles. The summed E-state index contributed by atoms with van der Waals surface area (Å²) in [5, 5.41) is 3.36. The van der Waals surface area contributed by atoms with Crippen LogP contribution in [0.15, 0.2) is 17.5 Å². The first kappa shape index (κ1) is 8.56. The summed E-state index contributed by atoms with van der Waals surface area (Å²) in [6.07, 6.45) is 0. The van der Waals surface area contributed by atoms with Crippen molar-refractivity contribution in [3.05, 3.63) is 17.5 Å². The zero-order valence-corrected chi connectivity index (χ0v) is 7.77. The standard InChI is InChI=1S/C8H14N2S/c1-7(6-9)10(2)8-4-3-5-11-8/h3-5,7H,6,9H2,1-2H3. The third kappa shape index (κ3) is 1.94. The van der Waals surface area contributed by atoms with Gasteiger partial charge in [0.25, 0.3) is 0 Å². The second kappa shape index (κ2) is 3.74. The maximum atomic E-state index is 5.54. The molecule has 0 aromatic carbocycles. The molecule has 1 unspecified atom stereocenters. The summed E-state index contributed by atoms with van der Waals surface area (Å²) in [4.78, 5) is 2.20. The molecule has 3 heteroatoms. The minimum atomic E-state index is 0.425. The quantitative estimate of drug-likeness (QED) is 0.745. The molecule has 1 aromatic rings. The van der Waals surface area contributed by atoms with Crippen molar-refractivity contribution in [2.24, 2.45) is 5.73 Å². The van der Waals surface area contributed by atoms with Crippen LogP contribution in [0.5, 0.6) is 0 Å².